The zero-order valence-electron chi connectivity index (χ0n) is 6.98. The molecule has 1 N–H and O–H groups in total. The van der Waals surface area contributed by atoms with Crippen LogP contribution >= 0.6 is 11.6 Å². The van der Waals surface area contributed by atoms with Gasteiger partial charge in [0.2, 0.25) is 0 Å². The molecule has 1 aromatic rings. The Morgan fingerprint density at radius 3 is 2.58 bits per heavy atom. The van der Waals surface area contributed by atoms with Crippen LogP contribution in [0, 0.1) is 18.3 Å². The van der Waals surface area contributed by atoms with Crippen LogP contribution in [0.3, 0.4) is 0 Å². The number of benzene rings is 1. The lowest BCUT2D eigenvalue weighted by atomic mass is 10.1. The number of hydrogen-bond acceptors (Lipinski definition) is 2. The molecule has 0 saturated carbocycles. The Bertz CT molecular complexity index is 339. The number of anilines is 1. The molecule has 62 valence electrons. The van der Waals surface area contributed by atoms with E-state index >= 15 is 0 Å². The van der Waals surface area contributed by atoms with Crippen molar-refractivity contribution in [1.82, 2.24) is 0 Å². The SMILES string of the molecule is CNc1c(C)ccc(Cl)c1C#N. The molecule has 0 heterocycles. The predicted molar refractivity (Wildman–Crippen MR) is 50.5 cm³/mol. The van der Waals surface area contributed by atoms with Crippen LogP contribution in [0.2, 0.25) is 5.02 Å². The van der Waals surface area contributed by atoms with Crippen LogP contribution in [0.15, 0.2) is 12.1 Å². The van der Waals surface area contributed by atoms with Crippen LogP contribution in [0.25, 0.3) is 0 Å². The second kappa shape index (κ2) is 3.46. The Balaban J connectivity index is 3.41. The number of aryl methyl sites for hydroxylation is 1. The maximum atomic E-state index is 8.78. The molecule has 2 nitrogen and oxygen atoms in total. The number of halogens is 1. The van der Waals surface area contributed by atoms with E-state index in [0.29, 0.717) is 10.6 Å². The molecule has 0 atom stereocenters. The first-order valence-electron chi connectivity index (χ1n) is 3.57. The average Bonchev–Trinajstić information content (AvgIpc) is 2.08. The fourth-order valence-corrected chi connectivity index (χ4v) is 1.31. The van der Waals surface area contributed by atoms with Gasteiger partial charge in [-0.2, -0.15) is 5.26 Å². The second-order valence-corrected chi connectivity index (χ2v) is 2.88. The van der Waals surface area contributed by atoms with Gasteiger partial charge in [0.05, 0.1) is 16.3 Å². The van der Waals surface area contributed by atoms with Gasteiger partial charge in [0.25, 0.3) is 0 Å². The van der Waals surface area contributed by atoms with Crippen molar-refractivity contribution in [2.24, 2.45) is 0 Å². The molecule has 0 saturated heterocycles. The number of rotatable bonds is 1. The first kappa shape index (κ1) is 8.89. The average molecular weight is 181 g/mol. The van der Waals surface area contributed by atoms with E-state index < -0.39 is 0 Å². The van der Waals surface area contributed by atoms with Crippen molar-refractivity contribution >= 4 is 17.3 Å². The summed E-state index contributed by atoms with van der Waals surface area (Å²) in [5.74, 6) is 0. The lowest BCUT2D eigenvalue weighted by Crippen LogP contribution is -1.95. The van der Waals surface area contributed by atoms with Gasteiger partial charge in [-0.05, 0) is 18.6 Å². The number of nitrogens with one attached hydrogen (secondary N) is 1. The number of nitriles is 1. The Hall–Kier alpha value is -1.20. The van der Waals surface area contributed by atoms with Gasteiger partial charge >= 0.3 is 0 Å². The molecule has 1 aromatic carbocycles. The lowest BCUT2D eigenvalue weighted by Gasteiger charge is -2.07. The van der Waals surface area contributed by atoms with Gasteiger partial charge in [-0.15, -0.1) is 0 Å². The standard InChI is InChI=1S/C9H9ClN2/c1-6-3-4-8(10)7(5-11)9(6)12-2/h3-4,12H,1-2H3. The van der Waals surface area contributed by atoms with Gasteiger partial charge in [0, 0.05) is 7.05 Å². The zero-order chi connectivity index (χ0) is 9.14. The molecule has 1 rings (SSSR count). The molecule has 0 spiro atoms. The highest BCUT2D eigenvalue weighted by atomic mass is 35.5. The van der Waals surface area contributed by atoms with E-state index in [9.17, 15) is 0 Å². The lowest BCUT2D eigenvalue weighted by molar-refractivity contribution is 1.37. The summed E-state index contributed by atoms with van der Waals surface area (Å²) in [6.07, 6.45) is 0. The third-order valence-corrected chi connectivity index (χ3v) is 2.04. The van der Waals surface area contributed by atoms with Crippen LogP contribution in [-0.4, -0.2) is 7.05 Å². The summed E-state index contributed by atoms with van der Waals surface area (Å²) >= 11 is 5.82. The number of hydrogen-bond donors (Lipinski definition) is 1. The van der Waals surface area contributed by atoms with E-state index in [1.165, 1.54) is 0 Å². The molecule has 0 aliphatic carbocycles. The fraction of sp³-hybridized carbons (Fsp3) is 0.222. The topological polar surface area (TPSA) is 35.8 Å². The molecule has 0 radical (unpaired) electrons. The third-order valence-electron chi connectivity index (χ3n) is 1.72. The monoisotopic (exact) mass is 180 g/mol. The van der Waals surface area contributed by atoms with E-state index in [0.717, 1.165) is 11.3 Å². The number of nitrogens with zero attached hydrogens (tertiary/aromatic N) is 1. The zero-order valence-corrected chi connectivity index (χ0v) is 7.74. The van der Waals surface area contributed by atoms with Gasteiger partial charge in [-0.1, -0.05) is 17.7 Å². The Labute approximate surface area is 76.8 Å². The molecule has 0 unspecified atom stereocenters. The normalized spacial score (nSPS) is 9.17. The van der Waals surface area contributed by atoms with Crippen molar-refractivity contribution in [2.45, 2.75) is 6.92 Å². The molecule has 0 bridgehead atoms. The molecular weight excluding hydrogens is 172 g/mol. The Kier molecular flexibility index (Phi) is 2.57. The maximum absolute atomic E-state index is 8.78. The smallest absolute Gasteiger partial charge is 0.103 e. The van der Waals surface area contributed by atoms with E-state index in [1.54, 1.807) is 13.1 Å². The Morgan fingerprint density at radius 1 is 1.50 bits per heavy atom. The summed E-state index contributed by atoms with van der Waals surface area (Å²) in [7, 11) is 1.78. The van der Waals surface area contributed by atoms with Gasteiger partial charge in [0.1, 0.15) is 6.07 Å². The summed E-state index contributed by atoms with van der Waals surface area (Å²) in [6, 6.07) is 5.68. The quantitative estimate of drug-likeness (QED) is 0.721. The molecule has 0 aliphatic heterocycles. The highest BCUT2D eigenvalue weighted by molar-refractivity contribution is 6.32. The minimum Gasteiger partial charge on any atom is -0.387 e. The van der Waals surface area contributed by atoms with Crippen molar-refractivity contribution in [3.63, 3.8) is 0 Å². The molecule has 0 aromatic heterocycles. The van der Waals surface area contributed by atoms with Crippen molar-refractivity contribution < 1.29 is 0 Å². The van der Waals surface area contributed by atoms with E-state index in [-0.39, 0.29) is 0 Å². The van der Waals surface area contributed by atoms with Crippen LogP contribution < -0.4 is 5.32 Å². The van der Waals surface area contributed by atoms with Crippen molar-refractivity contribution in [1.29, 1.82) is 5.26 Å². The summed E-state index contributed by atoms with van der Waals surface area (Å²) in [4.78, 5) is 0. The molecule has 12 heavy (non-hydrogen) atoms. The molecule has 0 aliphatic rings. The van der Waals surface area contributed by atoms with Crippen LogP contribution in [0.5, 0.6) is 0 Å². The Morgan fingerprint density at radius 2 is 2.17 bits per heavy atom. The van der Waals surface area contributed by atoms with Crippen LogP contribution in [0.1, 0.15) is 11.1 Å². The van der Waals surface area contributed by atoms with Crippen molar-refractivity contribution in [3.8, 4) is 6.07 Å². The van der Waals surface area contributed by atoms with Gasteiger partial charge in [0.15, 0.2) is 0 Å². The van der Waals surface area contributed by atoms with Gasteiger partial charge in [-0.3, -0.25) is 0 Å². The summed E-state index contributed by atoms with van der Waals surface area (Å²) in [5.41, 5.74) is 2.35. The molecule has 3 heteroatoms. The maximum Gasteiger partial charge on any atom is 0.103 e. The predicted octanol–water partition coefficient (Wildman–Crippen LogP) is 2.56. The van der Waals surface area contributed by atoms with E-state index in [1.807, 2.05) is 13.0 Å². The molecule has 0 fully saturated rings. The van der Waals surface area contributed by atoms with E-state index in [4.69, 9.17) is 16.9 Å². The largest absolute Gasteiger partial charge is 0.387 e. The first-order valence-corrected chi connectivity index (χ1v) is 3.95. The third kappa shape index (κ3) is 1.37. The second-order valence-electron chi connectivity index (χ2n) is 2.48. The summed E-state index contributed by atoms with van der Waals surface area (Å²) in [5, 5.41) is 12.2. The summed E-state index contributed by atoms with van der Waals surface area (Å²) in [6.45, 7) is 1.93. The first-order chi connectivity index (χ1) is 5.70. The van der Waals surface area contributed by atoms with Crippen molar-refractivity contribution in [3.05, 3.63) is 28.3 Å². The molecule has 0 amide bonds. The van der Waals surface area contributed by atoms with Gasteiger partial charge < -0.3 is 5.32 Å². The minimum absolute atomic E-state index is 0.493. The van der Waals surface area contributed by atoms with Crippen LogP contribution in [0.4, 0.5) is 5.69 Å². The fourth-order valence-electron chi connectivity index (χ4n) is 1.11. The van der Waals surface area contributed by atoms with Gasteiger partial charge in [-0.25, -0.2) is 0 Å². The van der Waals surface area contributed by atoms with Crippen LogP contribution in [-0.2, 0) is 0 Å². The highest BCUT2D eigenvalue weighted by Crippen LogP contribution is 2.26. The highest BCUT2D eigenvalue weighted by Gasteiger charge is 2.07. The minimum atomic E-state index is 0.493. The molecular formula is C9H9ClN2. The van der Waals surface area contributed by atoms with Crippen molar-refractivity contribution in [2.75, 3.05) is 12.4 Å². The summed E-state index contributed by atoms with van der Waals surface area (Å²) < 4.78 is 0. The van der Waals surface area contributed by atoms with E-state index in [2.05, 4.69) is 11.4 Å².